The molecule has 1 N–H and O–H groups in total. The molecule has 0 bridgehead atoms. The molecule has 0 spiro atoms. The van der Waals surface area contributed by atoms with Crippen molar-refractivity contribution in [3.63, 3.8) is 0 Å². The average Bonchev–Trinajstić information content (AvgIpc) is 2.19. The third-order valence-corrected chi connectivity index (χ3v) is 3.37. The highest BCUT2D eigenvalue weighted by atomic mass is 16.4. The zero-order valence-corrected chi connectivity index (χ0v) is 10.7. The highest BCUT2D eigenvalue weighted by molar-refractivity contribution is 5.74. The first kappa shape index (κ1) is 13.0. The maximum Gasteiger partial charge on any atom is 0.309 e. The molecule has 1 rings (SSSR count). The molecule has 2 nitrogen and oxygen atoms in total. The fourth-order valence-electron chi connectivity index (χ4n) is 2.02. The van der Waals surface area contributed by atoms with Gasteiger partial charge in [-0.1, -0.05) is 37.6 Å². The molecule has 90 valence electrons. The summed E-state index contributed by atoms with van der Waals surface area (Å²) in [6, 6.07) is 0. The molecule has 0 saturated carbocycles. The van der Waals surface area contributed by atoms with Crippen molar-refractivity contribution in [2.75, 3.05) is 0 Å². The molecule has 1 aliphatic carbocycles. The second-order valence-electron chi connectivity index (χ2n) is 5.46. The maximum absolute atomic E-state index is 11.2. The van der Waals surface area contributed by atoms with E-state index < -0.39 is 11.4 Å². The van der Waals surface area contributed by atoms with E-state index in [2.05, 4.69) is 39.0 Å². The van der Waals surface area contributed by atoms with E-state index in [1.54, 1.807) is 0 Å². The summed E-state index contributed by atoms with van der Waals surface area (Å²) in [5.74, 6) is 0.127. The lowest BCUT2D eigenvalue weighted by Crippen LogP contribution is -2.32. The van der Waals surface area contributed by atoms with Gasteiger partial charge in [0.1, 0.15) is 0 Å². The molecule has 0 aromatic heterocycles. The van der Waals surface area contributed by atoms with E-state index in [0.29, 0.717) is 18.8 Å². The summed E-state index contributed by atoms with van der Waals surface area (Å²) in [6.07, 6.45) is 7.77. The topological polar surface area (TPSA) is 37.3 Å². The first-order valence-electron chi connectivity index (χ1n) is 5.93. The van der Waals surface area contributed by atoms with E-state index in [9.17, 15) is 9.90 Å². The third-order valence-electron chi connectivity index (χ3n) is 3.37. The normalized spacial score (nSPS) is 30.8. The summed E-state index contributed by atoms with van der Waals surface area (Å²) in [4.78, 5) is 11.2. The summed E-state index contributed by atoms with van der Waals surface area (Å²) in [6.45, 7) is 8.20. The van der Waals surface area contributed by atoms with Crippen LogP contribution >= 0.6 is 0 Å². The van der Waals surface area contributed by atoms with Gasteiger partial charge < -0.3 is 5.11 Å². The first-order chi connectivity index (χ1) is 7.35. The van der Waals surface area contributed by atoms with Gasteiger partial charge in [0.2, 0.25) is 0 Å². The lowest BCUT2D eigenvalue weighted by atomic mass is 9.71. The van der Waals surface area contributed by atoms with Gasteiger partial charge in [-0.25, -0.2) is 0 Å². The SMILES string of the molecule is CC1=CC[C@@](C)(C(=O)O)CC1/C=C/C(C)C. The molecule has 0 radical (unpaired) electrons. The lowest BCUT2D eigenvalue weighted by molar-refractivity contribution is -0.148. The van der Waals surface area contributed by atoms with Gasteiger partial charge in [0, 0.05) is 0 Å². The molecular formula is C14H22O2. The molecule has 1 unspecified atom stereocenters. The molecule has 2 heteroatoms. The van der Waals surface area contributed by atoms with Gasteiger partial charge in [0.25, 0.3) is 0 Å². The Morgan fingerprint density at radius 2 is 2.25 bits per heavy atom. The summed E-state index contributed by atoms with van der Waals surface area (Å²) in [5, 5.41) is 9.23. The van der Waals surface area contributed by atoms with Crippen molar-refractivity contribution in [2.24, 2.45) is 17.3 Å². The van der Waals surface area contributed by atoms with Gasteiger partial charge in [-0.2, -0.15) is 0 Å². The van der Waals surface area contributed by atoms with Crippen LogP contribution in [0.3, 0.4) is 0 Å². The van der Waals surface area contributed by atoms with Crippen LogP contribution < -0.4 is 0 Å². The Kier molecular flexibility index (Phi) is 3.95. The number of allylic oxidation sites excluding steroid dienone is 4. The molecule has 0 aromatic carbocycles. The number of carbonyl (C=O) groups is 1. The van der Waals surface area contributed by atoms with Crippen molar-refractivity contribution in [2.45, 2.75) is 40.5 Å². The van der Waals surface area contributed by atoms with E-state index in [1.165, 1.54) is 5.57 Å². The van der Waals surface area contributed by atoms with Crippen LogP contribution in [-0.2, 0) is 4.79 Å². The van der Waals surface area contributed by atoms with E-state index >= 15 is 0 Å². The summed E-state index contributed by atoms with van der Waals surface area (Å²) in [5.41, 5.74) is 0.710. The Hall–Kier alpha value is -1.05. The van der Waals surface area contributed by atoms with Crippen LogP contribution in [0, 0.1) is 17.3 Å². The standard InChI is InChI=1S/C14H22O2/c1-10(2)5-6-12-9-14(4,13(15)16)8-7-11(12)3/h5-7,10,12H,8-9H2,1-4H3,(H,15,16)/b6-5+/t12?,14-/m1/s1. The minimum Gasteiger partial charge on any atom is -0.481 e. The molecule has 2 atom stereocenters. The van der Waals surface area contributed by atoms with Crippen molar-refractivity contribution < 1.29 is 9.90 Å². The van der Waals surface area contributed by atoms with Crippen molar-refractivity contribution in [3.05, 3.63) is 23.8 Å². The van der Waals surface area contributed by atoms with Crippen molar-refractivity contribution in [3.8, 4) is 0 Å². The van der Waals surface area contributed by atoms with E-state index in [1.807, 2.05) is 6.92 Å². The fourth-order valence-corrected chi connectivity index (χ4v) is 2.02. The van der Waals surface area contributed by atoms with Crippen LogP contribution in [0.5, 0.6) is 0 Å². The minimum absolute atomic E-state index is 0.289. The third kappa shape index (κ3) is 2.97. The van der Waals surface area contributed by atoms with Crippen molar-refractivity contribution in [1.29, 1.82) is 0 Å². The van der Waals surface area contributed by atoms with Crippen molar-refractivity contribution >= 4 is 5.97 Å². The first-order valence-corrected chi connectivity index (χ1v) is 5.93. The zero-order valence-electron chi connectivity index (χ0n) is 10.7. The highest BCUT2D eigenvalue weighted by Crippen LogP contribution is 2.39. The predicted octanol–water partition coefficient (Wildman–Crippen LogP) is 3.65. The minimum atomic E-state index is -0.681. The van der Waals surface area contributed by atoms with Crippen LogP contribution in [0.15, 0.2) is 23.8 Å². The number of hydrogen-bond acceptors (Lipinski definition) is 1. The molecule has 16 heavy (non-hydrogen) atoms. The molecule has 0 aliphatic heterocycles. The van der Waals surface area contributed by atoms with E-state index in [4.69, 9.17) is 0 Å². The quantitative estimate of drug-likeness (QED) is 0.740. The Morgan fingerprint density at radius 3 is 2.75 bits per heavy atom. The van der Waals surface area contributed by atoms with Crippen LogP contribution in [0.1, 0.15) is 40.5 Å². The largest absolute Gasteiger partial charge is 0.481 e. The zero-order chi connectivity index (χ0) is 12.3. The summed E-state index contributed by atoms with van der Waals surface area (Å²) < 4.78 is 0. The maximum atomic E-state index is 11.2. The number of aliphatic carboxylic acids is 1. The van der Waals surface area contributed by atoms with Crippen LogP contribution in [0.4, 0.5) is 0 Å². The van der Waals surface area contributed by atoms with E-state index in [0.717, 1.165) is 0 Å². The molecule has 0 aromatic rings. The van der Waals surface area contributed by atoms with Crippen LogP contribution in [0.2, 0.25) is 0 Å². The van der Waals surface area contributed by atoms with Gasteiger partial charge in [0.05, 0.1) is 5.41 Å². The Morgan fingerprint density at radius 1 is 1.62 bits per heavy atom. The van der Waals surface area contributed by atoms with Gasteiger partial charge in [0.15, 0.2) is 0 Å². The van der Waals surface area contributed by atoms with Gasteiger partial charge >= 0.3 is 5.97 Å². The lowest BCUT2D eigenvalue weighted by Gasteiger charge is -2.32. The average molecular weight is 222 g/mol. The van der Waals surface area contributed by atoms with Crippen LogP contribution in [0.25, 0.3) is 0 Å². The fraction of sp³-hybridized carbons (Fsp3) is 0.643. The van der Waals surface area contributed by atoms with Crippen molar-refractivity contribution in [1.82, 2.24) is 0 Å². The Labute approximate surface area is 98.1 Å². The van der Waals surface area contributed by atoms with Crippen LogP contribution in [-0.4, -0.2) is 11.1 Å². The Balaban J connectivity index is 2.83. The highest BCUT2D eigenvalue weighted by Gasteiger charge is 2.37. The second kappa shape index (κ2) is 4.86. The van der Waals surface area contributed by atoms with Gasteiger partial charge in [-0.05, 0) is 38.5 Å². The second-order valence-corrected chi connectivity index (χ2v) is 5.46. The number of rotatable bonds is 3. The Bertz CT molecular complexity index is 326. The van der Waals surface area contributed by atoms with E-state index in [-0.39, 0.29) is 5.92 Å². The van der Waals surface area contributed by atoms with Gasteiger partial charge in [-0.3, -0.25) is 4.79 Å². The monoisotopic (exact) mass is 222 g/mol. The number of carboxylic acids is 1. The summed E-state index contributed by atoms with van der Waals surface area (Å²) >= 11 is 0. The van der Waals surface area contributed by atoms with Gasteiger partial charge in [-0.15, -0.1) is 0 Å². The molecule has 0 fully saturated rings. The smallest absolute Gasteiger partial charge is 0.309 e. The predicted molar refractivity (Wildman–Crippen MR) is 66.2 cm³/mol. The number of carboxylic acid groups (broad SMARTS) is 1. The molecule has 0 saturated heterocycles. The summed E-state index contributed by atoms with van der Waals surface area (Å²) in [7, 11) is 0. The molecule has 0 amide bonds. The number of hydrogen-bond donors (Lipinski definition) is 1. The molecule has 0 heterocycles. The molecule has 1 aliphatic rings. The molecular weight excluding hydrogens is 200 g/mol.